The minimum atomic E-state index is 0.637. The second kappa shape index (κ2) is 39.5. The SMILES string of the molecule is CCCCCCCCCCCCCCCCCCCN1C=CN(CCCCCCCCCCCCCC)C1CCCCCCCCCCCC. The van der Waals surface area contributed by atoms with E-state index in [0.29, 0.717) is 6.17 Å². The molecule has 2 heteroatoms. The average molecular weight is 701 g/mol. The first-order valence-electron chi connectivity index (χ1n) is 24.0. The highest BCUT2D eigenvalue weighted by molar-refractivity contribution is 4.97. The first-order chi connectivity index (χ1) is 24.8. The molecule has 0 aromatic carbocycles. The molecule has 0 saturated carbocycles. The molecule has 0 fully saturated rings. The molecule has 0 spiro atoms. The first kappa shape index (κ1) is 47.4. The molecule has 1 heterocycles. The lowest BCUT2D eigenvalue weighted by molar-refractivity contribution is 0.135. The molecule has 1 rings (SSSR count). The van der Waals surface area contributed by atoms with E-state index in [0.717, 1.165) is 0 Å². The van der Waals surface area contributed by atoms with Crippen molar-refractivity contribution in [3.05, 3.63) is 12.4 Å². The summed E-state index contributed by atoms with van der Waals surface area (Å²) in [7, 11) is 0. The van der Waals surface area contributed by atoms with Gasteiger partial charge in [0.25, 0.3) is 0 Å². The summed E-state index contributed by atoms with van der Waals surface area (Å²) in [6, 6.07) is 0. The lowest BCUT2D eigenvalue weighted by Crippen LogP contribution is -2.39. The van der Waals surface area contributed by atoms with Crippen LogP contribution in [0.5, 0.6) is 0 Å². The van der Waals surface area contributed by atoms with E-state index in [1.54, 1.807) is 0 Å². The monoisotopic (exact) mass is 701 g/mol. The van der Waals surface area contributed by atoms with E-state index in [9.17, 15) is 0 Å². The molecule has 1 atom stereocenters. The lowest BCUT2D eigenvalue weighted by atomic mass is 10.0. The molecule has 0 aliphatic carbocycles. The third-order valence-corrected chi connectivity index (χ3v) is 11.8. The molecule has 0 aromatic rings. The predicted molar refractivity (Wildman–Crippen MR) is 228 cm³/mol. The van der Waals surface area contributed by atoms with E-state index < -0.39 is 0 Å². The minimum absolute atomic E-state index is 0.637. The Bertz CT molecular complexity index is 659. The summed E-state index contributed by atoms with van der Waals surface area (Å²) in [5, 5.41) is 0. The largest absolute Gasteiger partial charge is 0.356 e. The Labute approximate surface area is 318 Å². The van der Waals surface area contributed by atoms with Crippen molar-refractivity contribution in [2.24, 2.45) is 0 Å². The third kappa shape index (κ3) is 30.9. The van der Waals surface area contributed by atoms with E-state index in [-0.39, 0.29) is 0 Å². The maximum atomic E-state index is 2.74. The van der Waals surface area contributed by atoms with Gasteiger partial charge in [-0.25, -0.2) is 0 Å². The van der Waals surface area contributed by atoms with Crippen LogP contribution in [-0.2, 0) is 0 Å². The molecule has 1 unspecified atom stereocenters. The standard InChI is InChI=1S/C48H96N2/c1-4-7-10-13-16-19-22-24-25-26-27-28-30-33-36-39-42-45-50-47-46-49(44-41-38-35-32-29-23-20-17-14-11-8-5-2)48(50)43-40-37-34-31-21-18-15-12-9-6-3/h46-48H,4-45H2,1-3H3. The van der Waals surface area contributed by atoms with Gasteiger partial charge >= 0.3 is 0 Å². The van der Waals surface area contributed by atoms with Crippen molar-refractivity contribution >= 4 is 0 Å². The molecule has 50 heavy (non-hydrogen) atoms. The Hall–Kier alpha value is -0.660. The molecule has 0 amide bonds. The van der Waals surface area contributed by atoms with Gasteiger partial charge < -0.3 is 9.80 Å². The summed E-state index contributed by atoms with van der Waals surface area (Å²) in [6.45, 7) is 9.49. The topological polar surface area (TPSA) is 6.48 Å². The molecule has 0 N–H and O–H groups in total. The van der Waals surface area contributed by atoms with Crippen LogP contribution in [-0.4, -0.2) is 29.1 Å². The van der Waals surface area contributed by atoms with E-state index in [1.165, 1.54) is 270 Å². The average Bonchev–Trinajstić information content (AvgIpc) is 3.51. The zero-order chi connectivity index (χ0) is 35.8. The van der Waals surface area contributed by atoms with Gasteiger partial charge in [-0.3, -0.25) is 0 Å². The zero-order valence-electron chi connectivity index (χ0n) is 35.3. The van der Waals surface area contributed by atoms with Gasteiger partial charge in [-0.2, -0.15) is 0 Å². The molecule has 1 aliphatic heterocycles. The Morgan fingerprint density at radius 3 is 0.700 bits per heavy atom. The third-order valence-electron chi connectivity index (χ3n) is 11.8. The lowest BCUT2D eigenvalue weighted by Gasteiger charge is -2.33. The fraction of sp³-hybridized carbons (Fsp3) is 0.958. The predicted octanol–water partition coefficient (Wildman–Crippen LogP) is 17.1. The van der Waals surface area contributed by atoms with Gasteiger partial charge in [-0.15, -0.1) is 0 Å². The van der Waals surface area contributed by atoms with Gasteiger partial charge in [0.05, 0.1) is 0 Å². The number of unbranched alkanes of at least 4 members (excludes halogenated alkanes) is 36. The maximum absolute atomic E-state index is 2.74. The van der Waals surface area contributed by atoms with Crippen LogP contribution in [0.3, 0.4) is 0 Å². The molecule has 2 nitrogen and oxygen atoms in total. The molecular formula is C48H96N2. The first-order valence-corrected chi connectivity index (χ1v) is 24.0. The fourth-order valence-corrected chi connectivity index (χ4v) is 8.31. The van der Waals surface area contributed by atoms with Crippen molar-refractivity contribution in [3.63, 3.8) is 0 Å². The van der Waals surface area contributed by atoms with Crippen molar-refractivity contribution in [1.82, 2.24) is 9.80 Å². The minimum Gasteiger partial charge on any atom is -0.356 e. The molecular weight excluding hydrogens is 605 g/mol. The van der Waals surface area contributed by atoms with Crippen LogP contribution in [0.15, 0.2) is 12.4 Å². The van der Waals surface area contributed by atoms with Crippen LogP contribution in [0.1, 0.15) is 278 Å². The molecule has 0 aromatic heterocycles. The Balaban J connectivity index is 2.17. The smallest absolute Gasteiger partial charge is 0.101 e. The quantitative estimate of drug-likeness (QED) is 0.0585. The van der Waals surface area contributed by atoms with Gasteiger partial charge in [-0.05, 0) is 25.7 Å². The molecule has 1 aliphatic rings. The Kier molecular flexibility index (Phi) is 37.5. The van der Waals surface area contributed by atoms with Gasteiger partial charge in [0, 0.05) is 25.5 Å². The second-order valence-corrected chi connectivity index (χ2v) is 16.8. The molecule has 0 saturated heterocycles. The Morgan fingerprint density at radius 1 is 0.260 bits per heavy atom. The summed E-state index contributed by atoms with van der Waals surface area (Å²) in [5.41, 5.74) is 0. The van der Waals surface area contributed by atoms with E-state index in [2.05, 4.69) is 43.0 Å². The van der Waals surface area contributed by atoms with E-state index in [4.69, 9.17) is 0 Å². The molecule has 0 bridgehead atoms. The zero-order valence-corrected chi connectivity index (χ0v) is 35.3. The van der Waals surface area contributed by atoms with Crippen molar-refractivity contribution in [2.75, 3.05) is 13.1 Å². The molecule has 0 radical (unpaired) electrons. The Morgan fingerprint density at radius 2 is 0.460 bits per heavy atom. The highest BCUT2D eigenvalue weighted by atomic mass is 15.4. The van der Waals surface area contributed by atoms with E-state index in [1.807, 2.05) is 0 Å². The summed E-state index contributed by atoms with van der Waals surface area (Å²) < 4.78 is 0. The normalized spacial score (nSPS) is 14.5. The van der Waals surface area contributed by atoms with Crippen LogP contribution in [0, 0.1) is 0 Å². The van der Waals surface area contributed by atoms with Gasteiger partial charge in [0.2, 0.25) is 0 Å². The number of hydrogen-bond acceptors (Lipinski definition) is 2. The highest BCUT2D eigenvalue weighted by Gasteiger charge is 2.24. The molecule has 298 valence electrons. The van der Waals surface area contributed by atoms with Crippen molar-refractivity contribution in [1.29, 1.82) is 0 Å². The number of nitrogens with zero attached hydrogens (tertiary/aromatic N) is 2. The highest BCUT2D eigenvalue weighted by Crippen LogP contribution is 2.24. The number of hydrogen-bond donors (Lipinski definition) is 0. The van der Waals surface area contributed by atoms with Crippen LogP contribution in [0.2, 0.25) is 0 Å². The summed E-state index contributed by atoms with van der Waals surface area (Å²) in [5.74, 6) is 0. The van der Waals surface area contributed by atoms with Crippen LogP contribution in [0.4, 0.5) is 0 Å². The van der Waals surface area contributed by atoms with Crippen LogP contribution < -0.4 is 0 Å². The van der Waals surface area contributed by atoms with Crippen LogP contribution >= 0.6 is 0 Å². The second-order valence-electron chi connectivity index (χ2n) is 16.8. The van der Waals surface area contributed by atoms with Crippen molar-refractivity contribution < 1.29 is 0 Å². The van der Waals surface area contributed by atoms with Crippen molar-refractivity contribution in [2.45, 2.75) is 284 Å². The van der Waals surface area contributed by atoms with E-state index >= 15 is 0 Å². The van der Waals surface area contributed by atoms with Crippen molar-refractivity contribution in [3.8, 4) is 0 Å². The number of rotatable bonds is 42. The van der Waals surface area contributed by atoms with Gasteiger partial charge in [-0.1, -0.05) is 252 Å². The maximum Gasteiger partial charge on any atom is 0.101 e. The van der Waals surface area contributed by atoms with Gasteiger partial charge in [0.1, 0.15) is 6.17 Å². The summed E-state index contributed by atoms with van der Waals surface area (Å²) in [4.78, 5) is 5.47. The summed E-state index contributed by atoms with van der Waals surface area (Å²) >= 11 is 0. The van der Waals surface area contributed by atoms with Crippen LogP contribution in [0.25, 0.3) is 0 Å². The fourth-order valence-electron chi connectivity index (χ4n) is 8.31. The summed E-state index contributed by atoms with van der Waals surface area (Å²) in [6.07, 6.45) is 63.4. The van der Waals surface area contributed by atoms with Gasteiger partial charge in [0.15, 0.2) is 0 Å².